The molecule has 2 atom stereocenters. The Kier molecular flexibility index (Phi) is 2.65. The highest BCUT2D eigenvalue weighted by molar-refractivity contribution is 7.79. The monoisotopic (exact) mass is 142 g/mol. The molecule has 0 spiro atoms. The summed E-state index contributed by atoms with van der Waals surface area (Å²) in [7, 11) is 0. The fourth-order valence-electron chi connectivity index (χ4n) is 1.75. The molecule has 0 aliphatic heterocycles. The lowest BCUT2D eigenvalue weighted by Gasteiger charge is -2.10. The van der Waals surface area contributed by atoms with Crippen molar-refractivity contribution >= 4 is 17.6 Å². The van der Waals surface area contributed by atoms with Crippen LogP contribution in [0.4, 0.5) is 0 Å². The highest BCUT2D eigenvalue weighted by Gasteiger charge is 2.22. The normalized spacial score (nSPS) is 34.8. The van der Waals surface area contributed by atoms with Crippen molar-refractivity contribution in [3.63, 3.8) is 0 Å². The van der Waals surface area contributed by atoms with Crippen molar-refractivity contribution in [2.24, 2.45) is 11.8 Å². The Hall–Kier alpha value is 0.0900. The third-order valence-electron chi connectivity index (χ3n) is 2.42. The molecule has 0 N–H and O–H groups in total. The van der Waals surface area contributed by atoms with Crippen LogP contribution in [0.25, 0.3) is 0 Å². The Morgan fingerprint density at radius 2 is 2.33 bits per heavy atom. The number of rotatable bonds is 2. The van der Waals surface area contributed by atoms with Crippen molar-refractivity contribution in [1.29, 1.82) is 0 Å². The minimum absolute atomic E-state index is 0.769. The largest absolute Gasteiger partial charge is 0.0932 e. The molecule has 1 heteroatoms. The van der Waals surface area contributed by atoms with Gasteiger partial charge in [0.2, 0.25) is 0 Å². The summed E-state index contributed by atoms with van der Waals surface area (Å²) in [4.78, 5) is 0. The number of thiocarbonyl (C=S) groups is 1. The predicted octanol–water partition coefficient (Wildman–Crippen LogP) is 2.81. The molecular weight excluding hydrogens is 128 g/mol. The lowest BCUT2D eigenvalue weighted by atomic mass is 9.96. The molecule has 52 valence electrons. The zero-order chi connectivity index (χ0) is 6.69. The third-order valence-corrected chi connectivity index (χ3v) is 2.77. The summed E-state index contributed by atoms with van der Waals surface area (Å²) in [5.74, 6) is 1.69. The molecule has 0 aromatic rings. The van der Waals surface area contributed by atoms with Crippen LogP contribution < -0.4 is 0 Å². The van der Waals surface area contributed by atoms with Gasteiger partial charge >= 0.3 is 0 Å². The Morgan fingerprint density at radius 1 is 1.56 bits per heavy atom. The molecule has 0 saturated heterocycles. The molecule has 0 aromatic heterocycles. The van der Waals surface area contributed by atoms with Crippen molar-refractivity contribution in [3.8, 4) is 0 Å². The van der Waals surface area contributed by atoms with Crippen LogP contribution in [0.1, 0.15) is 32.6 Å². The van der Waals surface area contributed by atoms with Crippen molar-refractivity contribution in [3.05, 3.63) is 0 Å². The molecule has 1 aliphatic rings. The molecule has 1 fully saturated rings. The standard InChI is InChI=1S/C8H14S/c1-2-7-4-3-5-8(7)6-9/h6-8H,2-5H2,1H3. The fourth-order valence-corrected chi connectivity index (χ4v) is 2.11. The van der Waals surface area contributed by atoms with Gasteiger partial charge in [-0.3, -0.25) is 0 Å². The topological polar surface area (TPSA) is 0 Å². The van der Waals surface area contributed by atoms with E-state index in [1.807, 2.05) is 5.37 Å². The minimum Gasteiger partial charge on any atom is -0.0932 e. The van der Waals surface area contributed by atoms with E-state index < -0.39 is 0 Å². The Balaban J connectivity index is 2.41. The minimum atomic E-state index is 0.769. The van der Waals surface area contributed by atoms with Crippen LogP contribution in [0.5, 0.6) is 0 Å². The SMILES string of the molecule is CCC1CCCC1C=S. The first-order valence-corrected chi connectivity index (χ1v) is 4.31. The Morgan fingerprint density at radius 3 is 2.78 bits per heavy atom. The summed E-state index contributed by atoms with van der Waals surface area (Å²) in [6, 6.07) is 0. The highest BCUT2D eigenvalue weighted by Crippen LogP contribution is 2.32. The number of hydrogen-bond acceptors (Lipinski definition) is 1. The zero-order valence-electron chi connectivity index (χ0n) is 5.97. The first kappa shape index (κ1) is 7.20. The van der Waals surface area contributed by atoms with E-state index in [2.05, 4.69) is 6.92 Å². The highest BCUT2D eigenvalue weighted by atomic mass is 32.1. The lowest BCUT2D eigenvalue weighted by Crippen LogP contribution is -2.05. The van der Waals surface area contributed by atoms with E-state index in [0.717, 1.165) is 11.8 Å². The Bertz CT molecular complexity index is 98.7. The predicted molar refractivity (Wildman–Crippen MR) is 44.8 cm³/mol. The van der Waals surface area contributed by atoms with Gasteiger partial charge in [0.1, 0.15) is 0 Å². The van der Waals surface area contributed by atoms with Crippen LogP contribution in [0, 0.1) is 11.8 Å². The van der Waals surface area contributed by atoms with Crippen LogP contribution in [0.3, 0.4) is 0 Å². The molecule has 1 aliphatic carbocycles. The van der Waals surface area contributed by atoms with Gasteiger partial charge in [-0.05, 0) is 30.0 Å². The van der Waals surface area contributed by atoms with Crippen molar-refractivity contribution in [2.75, 3.05) is 0 Å². The van der Waals surface area contributed by atoms with Gasteiger partial charge in [0.25, 0.3) is 0 Å². The van der Waals surface area contributed by atoms with E-state index in [9.17, 15) is 0 Å². The van der Waals surface area contributed by atoms with Gasteiger partial charge in [-0.1, -0.05) is 32.0 Å². The van der Waals surface area contributed by atoms with Gasteiger partial charge in [-0.15, -0.1) is 0 Å². The van der Waals surface area contributed by atoms with Gasteiger partial charge < -0.3 is 0 Å². The Labute approximate surface area is 62.6 Å². The van der Waals surface area contributed by atoms with E-state index in [0.29, 0.717) is 0 Å². The molecule has 0 heterocycles. The van der Waals surface area contributed by atoms with Crippen LogP contribution >= 0.6 is 12.2 Å². The summed E-state index contributed by atoms with van der Waals surface area (Å²) in [5.41, 5.74) is 0. The van der Waals surface area contributed by atoms with Gasteiger partial charge in [0.15, 0.2) is 0 Å². The second-order valence-electron chi connectivity index (χ2n) is 2.90. The van der Waals surface area contributed by atoms with Crippen molar-refractivity contribution in [1.82, 2.24) is 0 Å². The molecular formula is C8H14S. The van der Waals surface area contributed by atoms with Gasteiger partial charge in [0, 0.05) is 0 Å². The average Bonchev–Trinajstić information content (AvgIpc) is 2.33. The molecule has 0 radical (unpaired) electrons. The molecule has 1 rings (SSSR count). The summed E-state index contributed by atoms with van der Waals surface area (Å²) in [5, 5.41) is 1.97. The second-order valence-corrected chi connectivity index (χ2v) is 3.17. The third kappa shape index (κ3) is 1.51. The summed E-state index contributed by atoms with van der Waals surface area (Å²) < 4.78 is 0. The maximum absolute atomic E-state index is 4.93. The van der Waals surface area contributed by atoms with Gasteiger partial charge in [-0.2, -0.15) is 0 Å². The quantitative estimate of drug-likeness (QED) is 0.534. The molecule has 0 aromatic carbocycles. The fraction of sp³-hybridized carbons (Fsp3) is 0.875. The summed E-state index contributed by atoms with van der Waals surface area (Å²) in [6.45, 7) is 2.27. The van der Waals surface area contributed by atoms with Crippen LogP contribution in [0.2, 0.25) is 0 Å². The summed E-state index contributed by atoms with van der Waals surface area (Å²) in [6.07, 6.45) is 5.48. The lowest BCUT2D eigenvalue weighted by molar-refractivity contribution is 0.475. The molecule has 0 bridgehead atoms. The van der Waals surface area contributed by atoms with Crippen LogP contribution in [-0.4, -0.2) is 5.37 Å². The maximum atomic E-state index is 4.93. The first-order chi connectivity index (χ1) is 4.38. The first-order valence-electron chi connectivity index (χ1n) is 3.83. The van der Waals surface area contributed by atoms with Crippen LogP contribution in [-0.2, 0) is 0 Å². The van der Waals surface area contributed by atoms with E-state index >= 15 is 0 Å². The van der Waals surface area contributed by atoms with E-state index in [4.69, 9.17) is 12.2 Å². The van der Waals surface area contributed by atoms with Crippen molar-refractivity contribution < 1.29 is 0 Å². The average molecular weight is 142 g/mol. The van der Waals surface area contributed by atoms with E-state index in [1.165, 1.54) is 25.7 Å². The molecule has 0 nitrogen and oxygen atoms in total. The van der Waals surface area contributed by atoms with E-state index in [-0.39, 0.29) is 0 Å². The maximum Gasteiger partial charge on any atom is -0.0100 e. The smallest absolute Gasteiger partial charge is 0.0100 e. The van der Waals surface area contributed by atoms with E-state index in [1.54, 1.807) is 0 Å². The van der Waals surface area contributed by atoms with Gasteiger partial charge in [-0.25, -0.2) is 0 Å². The van der Waals surface area contributed by atoms with Crippen LogP contribution in [0.15, 0.2) is 0 Å². The molecule has 2 unspecified atom stereocenters. The zero-order valence-corrected chi connectivity index (χ0v) is 6.79. The molecule has 1 saturated carbocycles. The number of hydrogen-bond donors (Lipinski definition) is 0. The molecule has 9 heavy (non-hydrogen) atoms. The second kappa shape index (κ2) is 3.31. The van der Waals surface area contributed by atoms with Crippen molar-refractivity contribution in [2.45, 2.75) is 32.6 Å². The van der Waals surface area contributed by atoms with Gasteiger partial charge in [0.05, 0.1) is 0 Å². The summed E-state index contributed by atoms with van der Waals surface area (Å²) >= 11 is 4.93. The molecule has 0 amide bonds.